The lowest BCUT2D eigenvalue weighted by Gasteiger charge is -2.51. The number of nitrogens with one attached hydrogen (secondary N) is 1. The number of nitrogens with two attached hydrogens (primary N) is 1. The van der Waals surface area contributed by atoms with Gasteiger partial charge in [0.25, 0.3) is 5.91 Å². The molecule has 0 saturated carbocycles. The van der Waals surface area contributed by atoms with Crippen molar-refractivity contribution in [2.24, 2.45) is 5.84 Å². The van der Waals surface area contributed by atoms with Crippen LogP contribution in [0.3, 0.4) is 0 Å². The van der Waals surface area contributed by atoms with Gasteiger partial charge < -0.3 is 4.90 Å². The monoisotopic (exact) mass is 303 g/mol. The summed E-state index contributed by atoms with van der Waals surface area (Å²) in [6, 6.07) is 6.21. The van der Waals surface area contributed by atoms with Crippen molar-refractivity contribution in [3.63, 3.8) is 0 Å². The van der Waals surface area contributed by atoms with E-state index in [1.54, 1.807) is 0 Å². The Labute approximate surface area is 134 Å². The van der Waals surface area contributed by atoms with E-state index in [1.807, 2.05) is 0 Å². The average molecular weight is 303 g/mol. The molecule has 1 heterocycles. The summed E-state index contributed by atoms with van der Waals surface area (Å²) in [5, 5.41) is 0. The first-order valence-corrected chi connectivity index (χ1v) is 8.22. The number of nitrogens with zero attached hydrogens (tertiary/aromatic N) is 1. The van der Waals surface area contributed by atoms with E-state index in [2.05, 4.69) is 63.1 Å². The molecule has 0 bridgehead atoms. The van der Waals surface area contributed by atoms with Crippen molar-refractivity contribution >= 4 is 11.6 Å². The highest BCUT2D eigenvalue weighted by Gasteiger charge is 2.42. The van der Waals surface area contributed by atoms with E-state index in [0.717, 1.165) is 19.3 Å². The van der Waals surface area contributed by atoms with Crippen LogP contribution in [0.5, 0.6) is 0 Å². The van der Waals surface area contributed by atoms with Gasteiger partial charge in [-0.05, 0) is 50.7 Å². The third kappa shape index (κ3) is 2.84. The van der Waals surface area contributed by atoms with E-state index < -0.39 is 0 Å². The molecule has 0 unspecified atom stereocenters. The summed E-state index contributed by atoms with van der Waals surface area (Å²) in [4.78, 5) is 14.7. The van der Waals surface area contributed by atoms with Crippen LogP contribution < -0.4 is 16.2 Å². The number of benzene rings is 1. The van der Waals surface area contributed by atoms with Gasteiger partial charge in [-0.3, -0.25) is 10.2 Å². The third-order valence-corrected chi connectivity index (χ3v) is 4.82. The van der Waals surface area contributed by atoms with Gasteiger partial charge in [0.2, 0.25) is 0 Å². The van der Waals surface area contributed by atoms with Gasteiger partial charge in [0, 0.05) is 11.2 Å². The molecule has 1 aliphatic heterocycles. The summed E-state index contributed by atoms with van der Waals surface area (Å²) in [5.74, 6) is 5.85. The smallest absolute Gasteiger partial charge is 0.256 e. The zero-order valence-electron chi connectivity index (χ0n) is 14.4. The standard InChI is InChI=1S/C18H29N3O/c1-6-8-15(17(22)20-19)21-16-12(2)9-7-10-14(16)13(3)11-18(21,4)5/h7,9-10,13,15H,6,8,11,19H2,1-5H3,(H,20,22)/t13-,15-/m1/s1. The zero-order chi connectivity index (χ0) is 16.5. The predicted octanol–water partition coefficient (Wildman–Crippen LogP) is 3.25. The molecule has 22 heavy (non-hydrogen) atoms. The number of anilines is 1. The molecule has 0 saturated heterocycles. The van der Waals surface area contributed by atoms with E-state index in [1.165, 1.54) is 16.8 Å². The van der Waals surface area contributed by atoms with E-state index in [9.17, 15) is 4.79 Å². The molecule has 1 aromatic carbocycles. The molecule has 0 aromatic heterocycles. The van der Waals surface area contributed by atoms with E-state index >= 15 is 0 Å². The fourth-order valence-electron chi connectivity index (χ4n) is 3.99. The molecule has 0 spiro atoms. The molecule has 0 radical (unpaired) electrons. The van der Waals surface area contributed by atoms with Crippen LogP contribution in [0.4, 0.5) is 5.69 Å². The zero-order valence-corrected chi connectivity index (χ0v) is 14.4. The third-order valence-electron chi connectivity index (χ3n) is 4.82. The number of hydrazine groups is 1. The van der Waals surface area contributed by atoms with Gasteiger partial charge in [-0.15, -0.1) is 0 Å². The first-order chi connectivity index (χ1) is 10.3. The maximum absolute atomic E-state index is 12.4. The van der Waals surface area contributed by atoms with Gasteiger partial charge in [0.15, 0.2) is 0 Å². The minimum Gasteiger partial charge on any atom is -0.354 e. The first-order valence-electron chi connectivity index (χ1n) is 8.22. The topological polar surface area (TPSA) is 58.4 Å². The highest BCUT2D eigenvalue weighted by atomic mass is 16.2. The van der Waals surface area contributed by atoms with Crippen LogP contribution in [0.2, 0.25) is 0 Å². The van der Waals surface area contributed by atoms with Crippen LogP contribution in [-0.2, 0) is 4.79 Å². The molecule has 4 nitrogen and oxygen atoms in total. The maximum Gasteiger partial charge on any atom is 0.256 e. The Morgan fingerprint density at radius 3 is 2.77 bits per heavy atom. The van der Waals surface area contributed by atoms with Gasteiger partial charge in [0.1, 0.15) is 6.04 Å². The Morgan fingerprint density at radius 1 is 1.50 bits per heavy atom. The lowest BCUT2D eigenvalue weighted by atomic mass is 9.77. The van der Waals surface area contributed by atoms with Gasteiger partial charge in [-0.25, -0.2) is 5.84 Å². The number of carbonyl (C=O) groups excluding carboxylic acids is 1. The highest BCUT2D eigenvalue weighted by Crippen LogP contribution is 2.46. The van der Waals surface area contributed by atoms with Gasteiger partial charge in [0.05, 0.1) is 0 Å². The molecule has 2 atom stereocenters. The number of fused-ring (bicyclic) bond motifs is 1. The number of carbonyl (C=O) groups is 1. The van der Waals surface area contributed by atoms with E-state index in [0.29, 0.717) is 5.92 Å². The molecular formula is C18H29N3O. The van der Waals surface area contributed by atoms with Crippen LogP contribution in [-0.4, -0.2) is 17.5 Å². The van der Waals surface area contributed by atoms with E-state index in [4.69, 9.17) is 5.84 Å². The molecule has 1 aliphatic rings. The summed E-state index contributed by atoms with van der Waals surface area (Å²) < 4.78 is 0. The van der Waals surface area contributed by atoms with Crippen molar-refractivity contribution in [1.29, 1.82) is 0 Å². The highest BCUT2D eigenvalue weighted by molar-refractivity contribution is 5.86. The number of para-hydroxylation sites is 1. The summed E-state index contributed by atoms with van der Waals surface area (Å²) in [5.41, 5.74) is 6.07. The molecule has 0 aliphatic carbocycles. The normalized spacial score (nSPS) is 21.2. The molecule has 3 N–H and O–H groups in total. The number of rotatable bonds is 4. The number of aryl methyl sites for hydroxylation is 1. The number of hydrogen-bond donors (Lipinski definition) is 2. The van der Waals surface area contributed by atoms with E-state index in [-0.39, 0.29) is 17.5 Å². The molecule has 2 rings (SSSR count). The lowest BCUT2D eigenvalue weighted by molar-refractivity contribution is -0.123. The molecule has 0 fully saturated rings. The van der Waals surface area contributed by atoms with Crippen LogP contribution >= 0.6 is 0 Å². The summed E-state index contributed by atoms with van der Waals surface area (Å²) in [7, 11) is 0. The Hall–Kier alpha value is -1.55. The van der Waals surface area contributed by atoms with Gasteiger partial charge in [-0.1, -0.05) is 38.5 Å². The first kappa shape index (κ1) is 16.8. The molecule has 4 heteroatoms. The van der Waals surface area contributed by atoms with Crippen molar-refractivity contribution in [2.75, 3.05) is 4.90 Å². The second-order valence-corrected chi connectivity index (χ2v) is 7.11. The fraction of sp³-hybridized carbons (Fsp3) is 0.611. The largest absolute Gasteiger partial charge is 0.354 e. The van der Waals surface area contributed by atoms with Crippen molar-refractivity contribution in [3.8, 4) is 0 Å². The summed E-state index contributed by atoms with van der Waals surface area (Å²) in [6.45, 7) is 11.0. The second kappa shape index (κ2) is 6.29. The van der Waals surface area contributed by atoms with Crippen molar-refractivity contribution in [1.82, 2.24) is 5.43 Å². The Bertz CT molecular complexity index is 553. The minimum absolute atomic E-state index is 0.0785. The Kier molecular flexibility index (Phi) is 4.81. The summed E-state index contributed by atoms with van der Waals surface area (Å²) >= 11 is 0. The lowest BCUT2D eigenvalue weighted by Crippen LogP contribution is -2.59. The Morgan fingerprint density at radius 2 is 2.18 bits per heavy atom. The predicted molar refractivity (Wildman–Crippen MR) is 91.8 cm³/mol. The summed E-state index contributed by atoms with van der Waals surface area (Å²) in [6.07, 6.45) is 2.78. The fourth-order valence-corrected chi connectivity index (χ4v) is 3.99. The van der Waals surface area contributed by atoms with Crippen LogP contribution in [0.25, 0.3) is 0 Å². The van der Waals surface area contributed by atoms with Crippen LogP contribution in [0.15, 0.2) is 18.2 Å². The van der Waals surface area contributed by atoms with Crippen molar-refractivity contribution in [2.45, 2.75) is 71.4 Å². The second-order valence-electron chi connectivity index (χ2n) is 7.11. The number of amides is 1. The van der Waals surface area contributed by atoms with Gasteiger partial charge in [-0.2, -0.15) is 0 Å². The SMILES string of the molecule is CCC[C@H](C(=O)NN)N1c2c(C)cccc2[C@H](C)CC1(C)C. The molecular weight excluding hydrogens is 274 g/mol. The van der Waals surface area contributed by atoms with Gasteiger partial charge >= 0.3 is 0 Å². The number of hydrogen-bond acceptors (Lipinski definition) is 3. The molecule has 1 aromatic rings. The van der Waals surface area contributed by atoms with Crippen molar-refractivity contribution < 1.29 is 4.79 Å². The maximum atomic E-state index is 12.4. The Balaban J connectivity index is 2.61. The van der Waals surface area contributed by atoms with Crippen LogP contribution in [0, 0.1) is 6.92 Å². The molecule has 122 valence electrons. The minimum atomic E-state index is -0.225. The average Bonchev–Trinajstić information content (AvgIpc) is 2.45. The molecule has 1 amide bonds. The van der Waals surface area contributed by atoms with Crippen molar-refractivity contribution in [3.05, 3.63) is 29.3 Å². The van der Waals surface area contributed by atoms with Crippen LogP contribution in [0.1, 0.15) is 64.0 Å². The quantitative estimate of drug-likeness (QED) is 0.510.